The predicted molar refractivity (Wildman–Crippen MR) is 83.1 cm³/mol. The second kappa shape index (κ2) is 7.53. The Kier molecular flexibility index (Phi) is 5.72. The lowest BCUT2D eigenvalue weighted by molar-refractivity contribution is -0.130. The number of ether oxygens (including phenoxy) is 1. The molecule has 0 aliphatic carbocycles. The van der Waals surface area contributed by atoms with E-state index in [2.05, 4.69) is 26.6 Å². The number of hydrogen-bond donors (Lipinski definition) is 2. The van der Waals surface area contributed by atoms with E-state index in [1.165, 1.54) is 0 Å². The fraction of sp³-hybridized carbons (Fsp3) is 0.429. The van der Waals surface area contributed by atoms with Crippen LogP contribution in [-0.4, -0.2) is 45.2 Å². The molecule has 2 amide bonds. The molecule has 1 aromatic rings. The van der Waals surface area contributed by atoms with Gasteiger partial charge < -0.3 is 15.0 Å². The van der Waals surface area contributed by atoms with Gasteiger partial charge in [-0.25, -0.2) is 0 Å². The number of nitrogens with one attached hydrogen (secondary N) is 2. The first-order valence-electron chi connectivity index (χ1n) is 6.66. The Bertz CT molecular complexity index is 520. The molecule has 0 bridgehead atoms. The van der Waals surface area contributed by atoms with Gasteiger partial charge in [0.05, 0.1) is 25.4 Å². The molecule has 7 heteroatoms. The average Bonchev–Trinajstić information content (AvgIpc) is 2.42. The third kappa shape index (κ3) is 4.52. The van der Waals surface area contributed by atoms with Gasteiger partial charge >= 0.3 is 0 Å². The summed E-state index contributed by atoms with van der Waals surface area (Å²) in [5, 5.41) is 5.56. The second-order valence-electron chi connectivity index (χ2n) is 4.78. The highest BCUT2D eigenvalue weighted by Crippen LogP contribution is 2.27. The zero-order chi connectivity index (χ0) is 15.2. The first-order valence-corrected chi connectivity index (χ1v) is 7.45. The molecule has 0 aromatic heterocycles. The highest BCUT2D eigenvalue weighted by molar-refractivity contribution is 9.10. The Labute approximate surface area is 132 Å². The maximum Gasteiger partial charge on any atom is 0.246 e. The minimum Gasteiger partial charge on any atom is -0.383 e. The van der Waals surface area contributed by atoms with E-state index in [1.807, 2.05) is 18.2 Å². The van der Waals surface area contributed by atoms with E-state index in [1.54, 1.807) is 12.0 Å². The molecule has 0 saturated carbocycles. The number of imide groups is 1. The Morgan fingerprint density at radius 3 is 2.67 bits per heavy atom. The molecule has 1 heterocycles. The monoisotopic (exact) mass is 355 g/mol. The number of methoxy groups -OCH3 is 1. The van der Waals surface area contributed by atoms with Crippen LogP contribution in [0.2, 0.25) is 0 Å². The number of rotatable bonds is 6. The van der Waals surface area contributed by atoms with Crippen LogP contribution in [-0.2, 0) is 20.9 Å². The van der Waals surface area contributed by atoms with Crippen molar-refractivity contribution in [1.29, 1.82) is 0 Å². The molecular weight excluding hydrogens is 338 g/mol. The molecule has 2 rings (SSSR count). The molecule has 114 valence electrons. The van der Waals surface area contributed by atoms with E-state index in [-0.39, 0.29) is 24.9 Å². The second-order valence-corrected chi connectivity index (χ2v) is 5.64. The van der Waals surface area contributed by atoms with E-state index in [0.29, 0.717) is 6.61 Å². The first kappa shape index (κ1) is 15.9. The van der Waals surface area contributed by atoms with Crippen molar-refractivity contribution in [2.24, 2.45) is 0 Å². The minimum absolute atomic E-state index is 0.190. The summed E-state index contributed by atoms with van der Waals surface area (Å²) < 4.78 is 5.85. The quantitative estimate of drug-likeness (QED) is 0.579. The smallest absolute Gasteiger partial charge is 0.246 e. The zero-order valence-electron chi connectivity index (χ0n) is 11.8. The summed E-state index contributed by atoms with van der Waals surface area (Å²) >= 11 is 3.51. The molecule has 1 aliphatic rings. The summed E-state index contributed by atoms with van der Waals surface area (Å²) in [4.78, 5) is 24.6. The molecule has 21 heavy (non-hydrogen) atoms. The maximum absolute atomic E-state index is 11.4. The lowest BCUT2D eigenvalue weighted by Gasteiger charge is -2.28. The molecule has 0 radical (unpaired) electrons. The van der Waals surface area contributed by atoms with Crippen molar-refractivity contribution in [2.75, 3.05) is 38.3 Å². The molecule has 0 unspecified atom stereocenters. The van der Waals surface area contributed by atoms with Crippen LogP contribution in [0.15, 0.2) is 22.7 Å². The number of hydrogen-bond acceptors (Lipinski definition) is 5. The number of carbonyl (C=O) groups is 2. The molecule has 0 atom stereocenters. The minimum atomic E-state index is -0.275. The normalized spacial score (nSPS) is 15.2. The van der Waals surface area contributed by atoms with Crippen LogP contribution in [0.5, 0.6) is 0 Å². The Balaban J connectivity index is 2.01. The van der Waals surface area contributed by atoms with Gasteiger partial charge in [0.25, 0.3) is 0 Å². The van der Waals surface area contributed by atoms with Gasteiger partial charge in [-0.15, -0.1) is 0 Å². The summed E-state index contributed by atoms with van der Waals surface area (Å²) in [7, 11) is 1.67. The number of halogens is 1. The zero-order valence-corrected chi connectivity index (χ0v) is 13.4. The molecule has 2 N–H and O–H groups in total. The average molecular weight is 356 g/mol. The van der Waals surface area contributed by atoms with Crippen LogP contribution in [0.1, 0.15) is 5.56 Å². The summed E-state index contributed by atoms with van der Waals surface area (Å²) in [6.45, 7) is 2.58. The number of anilines is 1. The van der Waals surface area contributed by atoms with E-state index < -0.39 is 0 Å². The van der Waals surface area contributed by atoms with E-state index >= 15 is 0 Å². The van der Waals surface area contributed by atoms with Crippen LogP contribution < -0.4 is 15.5 Å². The molecule has 1 aliphatic heterocycles. The van der Waals surface area contributed by atoms with Crippen LogP contribution in [0.4, 0.5) is 5.69 Å². The number of carbonyl (C=O) groups excluding carboxylic acids is 2. The van der Waals surface area contributed by atoms with Gasteiger partial charge in [-0.2, -0.15) is 0 Å². The van der Waals surface area contributed by atoms with Crippen molar-refractivity contribution in [2.45, 2.75) is 6.54 Å². The van der Waals surface area contributed by atoms with Crippen molar-refractivity contribution < 1.29 is 14.3 Å². The molecule has 0 spiro atoms. The van der Waals surface area contributed by atoms with E-state index in [9.17, 15) is 9.59 Å². The maximum atomic E-state index is 11.4. The van der Waals surface area contributed by atoms with Crippen LogP contribution in [0.3, 0.4) is 0 Å². The molecule has 6 nitrogen and oxygen atoms in total. The summed E-state index contributed by atoms with van der Waals surface area (Å²) in [5.41, 5.74) is 1.97. The fourth-order valence-electron chi connectivity index (χ4n) is 2.13. The van der Waals surface area contributed by atoms with Crippen LogP contribution >= 0.6 is 15.9 Å². The topological polar surface area (TPSA) is 70.7 Å². The van der Waals surface area contributed by atoms with Gasteiger partial charge in [-0.1, -0.05) is 6.07 Å². The van der Waals surface area contributed by atoms with Crippen LogP contribution in [0, 0.1) is 0 Å². The summed E-state index contributed by atoms with van der Waals surface area (Å²) in [5.74, 6) is -0.549. The van der Waals surface area contributed by atoms with Crippen molar-refractivity contribution in [3.63, 3.8) is 0 Å². The van der Waals surface area contributed by atoms with Gasteiger partial charge in [0, 0.05) is 24.7 Å². The number of benzene rings is 1. The lowest BCUT2D eigenvalue weighted by Crippen LogP contribution is -2.51. The van der Waals surface area contributed by atoms with Crippen molar-refractivity contribution in [3.8, 4) is 0 Å². The number of nitrogens with zero attached hydrogens (tertiary/aromatic N) is 1. The van der Waals surface area contributed by atoms with Gasteiger partial charge in [-0.05, 0) is 33.6 Å². The van der Waals surface area contributed by atoms with E-state index in [0.717, 1.165) is 28.8 Å². The van der Waals surface area contributed by atoms with Crippen molar-refractivity contribution in [1.82, 2.24) is 10.6 Å². The molecular formula is C14H18BrN3O3. The van der Waals surface area contributed by atoms with Crippen LogP contribution in [0.25, 0.3) is 0 Å². The summed E-state index contributed by atoms with van der Waals surface area (Å²) in [6.07, 6.45) is 0. The molecule has 1 saturated heterocycles. The van der Waals surface area contributed by atoms with Gasteiger partial charge in [0.2, 0.25) is 11.8 Å². The van der Waals surface area contributed by atoms with Gasteiger partial charge in [0.15, 0.2) is 0 Å². The number of amides is 2. The SMILES string of the molecule is COCCNCc1ccc(N2CC(=O)NC(=O)C2)c(Br)c1. The number of piperazine rings is 1. The van der Waals surface area contributed by atoms with Crippen molar-refractivity contribution in [3.05, 3.63) is 28.2 Å². The van der Waals surface area contributed by atoms with E-state index in [4.69, 9.17) is 4.74 Å². The molecule has 1 fully saturated rings. The standard InChI is InChI=1S/C14H18BrN3O3/c1-21-5-4-16-7-10-2-3-12(11(15)6-10)18-8-13(19)17-14(20)9-18/h2-3,6,16H,4-5,7-9H2,1H3,(H,17,19,20). The third-order valence-corrected chi connectivity index (χ3v) is 3.75. The van der Waals surface area contributed by atoms with Gasteiger partial charge in [-0.3, -0.25) is 14.9 Å². The fourth-order valence-corrected chi connectivity index (χ4v) is 2.81. The highest BCUT2D eigenvalue weighted by Gasteiger charge is 2.23. The Morgan fingerprint density at radius 2 is 2.05 bits per heavy atom. The predicted octanol–water partition coefficient (Wildman–Crippen LogP) is 0.648. The molecule has 1 aromatic carbocycles. The largest absolute Gasteiger partial charge is 0.383 e. The Hall–Kier alpha value is -1.44. The Morgan fingerprint density at radius 1 is 1.33 bits per heavy atom. The first-order chi connectivity index (χ1) is 10.1. The van der Waals surface area contributed by atoms with Gasteiger partial charge in [0.1, 0.15) is 0 Å². The third-order valence-electron chi connectivity index (χ3n) is 3.11. The lowest BCUT2D eigenvalue weighted by atomic mass is 10.1. The summed E-state index contributed by atoms with van der Waals surface area (Å²) in [6, 6.07) is 5.90. The van der Waals surface area contributed by atoms with Crippen molar-refractivity contribution >= 4 is 33.4 Å². The highest BCUT2D eigenvalue weighted by atomic mass is 79.9.